The Kier molecular flexibility index (Phi) is 10.3. The molecule has 3 amide bonds. The molecule has 4 atom stereocenters. The van der Waals surface area contributed by atoms with Crippen molar-refractivity contribution in [3.63, 3.8) is 0 Å². The number of ketones is 1. The van der Waals surface area contributed by atoms with Crippen LogP contribution in [0.2, 0.25) is 0 Å². The lowest BCUT2D eigenvalue weighted by Gasteiger charge is -2.27. The molecule has 11 nitrogen and oxygen atoms in total. The number of nitrogens with one attached hydrogen (secondary N) is 3. The second-order valence-electron chi connectivity index (χ2n) is 9.89. The maximum Gasteiger partial charge on any atom is 0.243 e. The topological polar surface area (TPSA) is 142 Å². The lowest BCUT2D eigenvalue weighted by molar-refractivity contribution is -0.133. The Labute approximate surface area is 231 Å². The molecule has 2 aromatic rings. The standard InChI is InChI=1S/C28H34FN5O6/c1-18(31-25(35)16-34-9-11-39-12-10-34)27(37)33-23(14-21-8-7-20(29)15-30-21)28(38)32-22(26(36)24-17-40-24)13-19-5-3-2-4-6-19/h2-8,15,18,22-24H,9-14,16-17H2,1H3,(H,31,35)(H,32,38)(H,33,37)/t18-,22-,23-,24+/m0/s1. The molecule has 0 bridgehead atoms. The summed E-state index contributed by atoms with van der Waals surface area (Å²) in [5.41, 5.74) is 1.21. The number of carbonyl (C=O) groups is 4. The SMILES string of the molecule is C[C@H](NC(=O)CN1CCOCC1)C(=O)N[C@@H](Cc1ccc(F)cn1)C(=O)N[C@@H](Cc1ccccc1)C(=O)[C@H]1CO1. The Morgan fingerprint density at radius 3 is 2.33 bits per heavy atom. The van der Waals surface area contributed by atoms with Gasteiger partial charge in [0.05, 0.1) is 38.6 Å². The van der Waals surface area contributed by atoms with E-state index < -0.39 is 41.9 Å². The summed E-state index contributed by atoms with van der Waals surface area (Å²) in [4.78, 5) is 57.9. The zero-order chi connectivity index (χ0) is 28.5. The van der Waals surface area contributed by atoms with Crippen molar-refractivity contribution in [1.29, 1.82) is 0 Å². The highest BCUT2D eigenvalue weighted by Gasteiger charge is 2.38. The molecule has 0 saturated carbocycles. The number of epoxide rings is 1. The molecule has 2 aliphatic rings. The third kappa shape index (κ3) is 8.90. The summed E-state index contributed by atoms with van der Waals surface area (Å²) < 4.78 is 23.9. The van der Waals surface area contributed by atoms with E-state index in [4.69, 9.17) is 9.47 Å². The highest BCUT2D eigenvalue weighted by molar-refractivity contribution is 5.96. The minimum atomic E-state index is -1.14. The normalized spacial score (nSPS) is 19.1. The number of amides is 3. The van der Waals surface area contributed by atoms with Crippen LogP contribution in [0, 0.1) is 5.82 Å². The van der Waals surface area contributed by atoms with Crippen LogP contribution in [0.1, 0.15) is 18.2 Å². The minimum absolute atomic E-state index is 0.0571. The molecule has 0 aliphatic carbocycles. The number of benzene rings is 1. The Morgan fingerprint density at radius 2 is 1.68 bits per heavy atom. The van der Waals surface area contributed by atoms with E-state index in [9.17, 15) is 23.6 Å². The van der Waals surface area contributed by atoms with Gasteiger partial charge in [-0.1, -0.05) is 30.3 Å². The van der Waals surface area contributed by atoms with Gasteiger partial charge >= 0.3 is 0 Å². The molecule has 2 fully saturated rings. The summed E-state index contributed by atoms with van der Waals surface area (Å²) >= 11 is 0. The van der Waals surface area contributed by atoms with Gasteiger partial charge in [-0.05, 0) is 31.0 Å². The Morgan fingerprint density at radius 1 is 0.975 bits per heavy atom. The molecular weight excluding hydrogens is 521 g/mol. The quantitative estimate of drug-likeness (QED) is 0.288. The first-order valence-electron chi connectivity index (χ1n) is 13.3. The van der Waals surface area contributed by atoms with Crippen LogP contribution in [0.25, 0.3) is 0 Å². The van der Waals surface area contributed by atoms with Gasteiger partial charge in [0.25, 0.3) is 0 Å². The monoisotopic (exact) mass is 555 g/mol. The number of ether oxygens (including phenoxy) is 2. The van der Waals surface area contributed by atoms with Crippen LogP contribution in [0.5, 0.6) is 0 Å². The smallest absolute Gasteiger partial charge is 0.243 e. The number of carbonyl (C=O) groups excluding carboxylic acids is 4. The molecule has 0 unspecified atom stereocenters. The Balaban J connectivity index is 1.43. The van der Waals surface area contributed by atoms with E-state index in [1.54, 1.807) is 0 Å². The number of nitrogens with zero attached hydrogens (tertiary/aromatic N) is 2. The maximum atomic E-state index is 13.5. The first-order chi connectivity index (χ1) is 19.3. The second kappa shape index (κ2) is 14.1. The number of halogens is 1. The van der Waals surface area contributed by atoms with Crippen LogP contribution < -0.4 is 16.0 Å². The van der Waals surface area contributed by atoms with Crippen molar-refractivity contribution in [2.45, 2.75) is 44.0 Å². The molecule has 0 spiro atoms. The minimum Gasteiger partial charge on any atom is -0.379 e. The van der Waals surface area contributed by atoms with Crippen LogP contribution >= 0.6 is 0 Å². The van der Waals surface area contributed by atoms with Gasteiger partial charge in [0.1, 0.15) is 24.0 Å². The maximum absolute atomic E-state index is 13.5. The number of morpholine rings is 1. The molecule has 12 heteroatoms. The van der Waals surface area contributed by atoms with Crippen LogP contribution in [0.4, 0.5) is 4.39 Å². The van der Waals surface area contributed by atoms with E-state index >= 15 is 0 Å². The number of Topliss-reactive ketones (excluding diaryl/α,β-unsaturated/α-hetero) is 1. The number of aromatic nitrogens is 1. The van der Waals surface area contributed by atoms with Gasteiger partial charge in [-0.15, -0.1) is 0 Å². The van der Waals surface area contributed by atoms with Gasteiger partial charge in [0.2, 0.25) is 17.7 Å². The third-order valence-electron chi connectivity index (χ3n) is 6.67. The second-order valence-corrected chi connectivity index (χ2v) is 9.89. The van der Waals surface area contributed by atoms with Crippen LogP contribution in [0.3, 0.4) is 0 Å². The van der Waals surface area contributed by atoms with Gasteiger partial charge in [0.15, 0.2) is 5.78 Å². The molecule has 0 radical (unpaired) electrons. The molecular formula is C28H34FN5O6. The number of rotatable bonds is 13. The van der Waals surface area contributed by atoms with E-state index in [1.807, 2.05) is 35.2 Å². The molecule has 4 rings (SSSR count). The summed E-state index contributed by atoms with van der Waals surface area (Å²) in [6.45, 7) is 4.25. The number of hydrogen-bond donors (Lipinski definition) is 3. The molecule has 40 heavy (non-hydrogen) atoms. The average Bonchev–Trinajstić information content (AvgIpc) is 3.80. The summed E-state index contributed by atoms with van der Waals surface area (Å²) in [6.07, 6.45) is 0.627. The van der Waals surface area contributed by atoms with Gasteiger partial charge in [-0.3, -0.25) is 29.1 Å². The lowest BCUT2D eigenvalue weighted by Crippen LogP contribution is -2.57. The fourth-order valence-electron chi connectivity index (χ4n) is 4.34. The molecule has 2 saturated heterocycles. The van der Waals surface area contributed by atoms with E-state index in [0.29, 0.717) is 38.6 Å². The van der Waals surface area contributed by atoms with E-state index in [0.717, 1.165) is 11.8 Å². The van der Waals surface area contributed by atoms with Crippen molar-refractivity contribution >= 4 is 23.5 Å². The molecule has 214 valence electrons. The van der Waals surface area contributed by atoms with Crippen molar-refractivity contribution in [1.82, 2.24) is 25.8 Å². The van der Waals surface area contributed by atoms with Gasteiger partial charge in [0, 0.05) is 25.2 Å². The highest BCUT2D eigenvalue weighted by atomic mass is 19.1. The predicted molar refractivity (Wildman–Crippen MR) is 142 cm³/mol. The highest BCUT2D eigenvalue weighted by Crippen LogP contribution is 2.16. The van der Waals surface area contributed by atoms with Gasteiger partial charge < -0.3 is 25.4 Å². The summed E-state index contributed by atoms with van der Waals surface area (Å²) in [5.74, 6) is -2.33. The summed E-state index contributed by atoms with van der Waals surface area (Å²) in [6, 6.07) is 8.89. The fourth-order valence-corrected chi connectivity index (χ4v) is 4.34. The lowest BCUT2D eigenvalue weighted by atomic mass is 9.99. The largest absolute Gasteiger partial charge is 0.379 e. The van der Waals surface area contributed by atoms with Crippen LogP contribution in [-0.4, -0.2) is 97.1 Å². The van der Waals surface area contributed by atoms with Gasteiger partial charge in [-0.2, -0.15) is 0 Å². The molecule has 1 aromatic heterocycles. The zero-order valence-corrected chi connectivity index (χ0v) is 22.3. The summed E-state index contributed by atoms with van der Waals surface area (Å²) in [7, 11) is 0. The Bertz CT molecular complexity index is 1170. The van der Waals surface area contributed by atoms with Crippen molar-refractivity contribution in [2.75, 3.05) is 39.5 Å². The van der Waals surface area contributed by atoms with Crippen molar-refractivity contribution in [2.24, 2.45) is 0 Å². The van der Waals surface area contributed by atoms with Gasteiger partial charge in [-0.25, -0.2) is 4.39 Å². The molecule has 1 aromatic carbocycles. The van der Waals surface area contributed by atoms with E-state index in [1.165, 1.54) is 19.1 Å². The van der Waals surface area contributed by atoms with E-state index in [2.05, 4.69) is 20.9 Å². The summed E-state index contributed by atoms with van der Waals surface area (Å²) in [5, 5.41) is 8.09. The molecule has 2 aliphatic heterocycles. The predicted octanol–water partition coefficient (Wildman–Crippen LogP) is -0.220. The van der Waals surface area contributed by atoms with Crippen molar-refractivity contribution in [3.8, 4) is 0 Å². The molecule has 3 heterocycles. The van der Waals surface area contributed by atoms with Crippen molar-refractivity contribution < 1.29 is 33.0 Å². The average molecular weight is 556 g/mol. The Hall–Kier alpha value is -3.74. The number of hydrogen-bond acceptors (Lipinski definition) is 8. The van der Waals surface area contributed by atoms with Crippen molar-refractivity contribution in [3.05, 3.63) is 65.7 Å². The van der Waals surface area contributed by atoms with Crippen LogP contribution in [-0.2, 0) is 41.5 Å². The van der Waals surface area contributed by atoms with E-state index in [-0.39, 0.29) is 31.1 Å². The first-order valence-corrected chi connectivity index (χ1v) is 13.3. The fraction of sp³-hybridized carbons (Fsp3) is 0.464. The van der Waals surface area contributed by atoms with Crippen LogP contribution in [0.15, 0.2) is 48.7 Å². The first kappa shape index (κ1) is 29.2. The third-order valence-corrected chi connectivity index (χ3v) is 6.67. The zero-order valence-electron chi connectivity index (χ0n) is 22.3. The number of pyridine rings is 1. The molecule has 3 N–H and O–H groups in total.